The quantitative estimate of drug-likeness (QED) is 0.661. The molecule has 0 aromatic heterocycles. The molecule has 6 heteroatoms. The van der Waals surface area contributed by atoms with Crippen molar-refractivity contribution in [2.24, 2.45) is 5.92 Å². The molecule has 2 unspecified atom stereocenters. The predicted octanol–water partition coefficient (Wildman–Crippen LogP) is 3.56. The van der Waals surface area contributed by atoms with Crippen molar-refractivity contribution in [1.29, 1.82) is 0 Å². The van der Waals surface area contributed by atoms with Crippen LogP contribution < -0.4 is 10.6 Å². The highest BCUT2D eigenvalue weighted by Crippen LogP contribution is 2.18. The molecule has 5 nitrogen and oxygen atoms in total. The molecule has 0 aliphatic heterocycles. The molecule has 30 heavy (non-hydrogen) atoms. The van der Waals surface area contributed by atoms with Gasteiger partial charge in [-0.15, -0.1) is 0 Å². The zero-order valence-electron chi connectivity index (χ0n) is 18.4. The van der Waals surface area contributed by atoms with Crippen LogP contribution in [0.2, 0.25) is 0 Å². The summed E-state index contributed by atoms with van der Waals surface area (Å²) in [5.41, 5.74) is 2.29. The maximum Gasteiger partial charge on any atom is 0.254 e. The average Bonchev–Trinajstić information content (AvgIpc) is 2.72. The molecule has 0 bridgehead atoms. The van der Waals surface area contributed by atoms with Gasteiger partial charge < -0.3 is 15.5 Å². The number of rotatable bonds is 9. The van der Waals surface area contributed by atoms with Gasteiger partial charge in [-0.25, -0.2) is 4.39 Å². The van der Waals surface area contributed by atoms with E-state index >= 15 is 0 Å². The monoisotopic (exact) mass is 413 g/mol. The molecule has 162 valence electrons. The molecule has 2 rings (SSSR count). The zero-order valence-corrected chi connectivity index (χ0v) is 18.4. The van der Waals surface area contributed by atoms with E-state index in [1.807, 2.05) is 32.8 Å². The van der Waals surface area contributed by atoms with Crippen LogP contribution in [0.1, 0.15) is 48.3 Å². The Morgan fingerprint density at radius 3 is 2.20 bits per heavy atom. The molecule has 2 amide bonds. The molecule has 0 saturated carbocycles. The normalized spacial score (nSPS) is 13.2. The number of nitrogens with zero attached hydrogens (tertiary/aromatic N) is 1. The first-order chi connectivity index (χ1) is 14.2. The van der Waals surface area contributed by atoms with E-state index in [0.717, 1.165) is 12.0 Å². The SMILES string of the molecule is CCc1ccc(C(CNC(=O)C(NC(=O)c2ccccc2F)C(C)C)N(C)C)cc1. The molecule has 2 aromatic carbocycles. The van der Waals surface area contributed by atoms with E-state index in [4.69, 9.17) is 0 Å². The van der Waals surface area contributed by atoms with E-state index in [2.05, 4.69) is 41.8 Å². The molecule has 0 radical (unpaired) electrons. The molecule has 0 fully saturated rings. The topological polar surface area (TPSA) is 61.4 Å². The van der Waals surface area contributed by atoms with Gasteiger partial charge in [-0.2, -0.15) is 0 Å². The summed E-state index contributed by atoms with van der Waals surface area (Å²) in [7, 11) is 3.93. The van der Waals surface area contributed by atoms with Crippen molar-refractivity contribution in [2.45, 2.75) is 39.3 Å². The molecule has 0 aliphatic carbocycles. The second-order valence-corrected chi connectivity index (χ2v) is 7.99. The molecule has 0 spiro atoms. The number of carbonyl (C=O) groups is 2. The summed E-state index contributed by atoms with van der Waals surface area (Å²) < 4.78 is 13.9. The zero-order chi connectivity index (χ0) is 22.3. The van der Waals surface area contributed by atoms with Crippen molar-refractivity contribution in [3.8, 4) is 0 Å². The van der Waals surface area contributed by atoms with Crippen molar-refractivity contribution >= 4 is 11.8 Å². The van der Waals surface area contributed by atoms with Crippen LogP contribution in [0.3, 0.4) is 0 Å². The van der Waals surface area contributed by atoms with E-state index in [-0.39, 0.29) is 23.4 Å². The number of likely N-dealkylation sites (N-methyl/N-ethyl adjacent to an activating group) is 1. The Bertz CT molecular complexity index is 850. The number of nitrogens with one attached hydrogen (secondary N) is 2. The lowest BCUT2D eigenvalue weighted by molar-refractivity contribution is -0.124. The number of carbonyl (C=O) groups excluding carboxylic acids is 2. The average molecular weight is 414 g/mol. The summed E-state index contributed by atoms with van der Waals surface area (Å²) in [5.74, 6) is -1.64. The molecular formula is C24H32FN3O2. The molecule has 0 heterocycles. The Hall–Kier alpha value is -2.73. The molecule has 2 N–H and O–H groups in total. The van der Waals surface area contributed by atoms with Gasteiger partial charge in [0.15, 0.2) is 0 Å². The van der Waals surface area contributed by atoms with E-state index in [1.165, 1.54) is 23.8 Å². The largest absolute Gasteiger partial charge is 0.352 e. The lowest BCUT2D eigenvalue weighted by atomic mass is 10.0. The van der Waals surface area contributed by atoms with Crippen LogP contribution in [0.5, 0.6) is 0 Å². The minimum Gasteiger partial charge on any atom is -0.352 e. The van der Waals surface area contributed by atoms with Gasteiger partial charge in [0.1, 0.15) is 11.9 Å². The van der Waals surface area contributed by atoms with Gasteiger partial charge >= 0.3 is 0 Å². The first kappa shape index (κ1) is 23.5. The summed E-state index contributed by atoms with van der Waals surface area (Å²) in [6.45, 7) is 6.20. The van der Waals surface area contributed by atoms with E-state index < -0.39 is 17.8 Å². The van der Waals surface area contributed by atoms with Crippen LogP contribution in [0.25, 0.3) is 0 Å². The number of aryl methyl sites for hydroxylation is 1. The van der Waals surface area contributed by atoms with Crippen LogP contribution in [0, 0.1) is 11.7 Å². The Morgan fingerprint density at radius 1 is 1.03 bits per heavy atom. The Labute approximate surface area is 178 Å². The van der Waals surface area contributed by atoms with Gasteiger partial charge in [-0.1, -0.05) is 57.2 Å². The van der Waals surface area contributed by atoms with Crippen molar-refractivity contribution in [3.05, 3.63) is 71.0 Å². The van der Waals surface area contributed by atoms with Crippen molar-refractivity contribution < 1.29 is 14.0 Å². The summed E-state index contributed by atoms with van der Waals surface area (Å²) in [6.07, 6.45) is 0.974. The Morgan fingerprint density at radius 2 is 1.67 bits per heavy atom. The summed E-state index contributed by atoms with van der Waals surface area (Å²) in [5, 5.41) is 5.63. The van der Waals surface area contributed by atoms with Gasteiger partial charge in [0.25, 0.3) is 5.91 Å². The summed E-state index contributed by atoms with van der Waals surface area (Å²) >= 11 is 0. The number of amides is 2. The van der Waals surface area contributed by atoms with Crippen molar-refractivity contribution in [1.82, 2.24) is 15.5 Å². The number of benzene rings is 2. The Balaban J connectivity index is 2.07. The maximum atomic E-state index is 13.9. The molecule has 0 saturated heterocycles. The molecular weight excluding hydrogens is 381 g/mol. The van der Waals surface area contributed by atoms with Crippen molar-refractivity contribution in [3.63, 3.8) is 0 Å². The minimum absolute atomic E-state index is 0.00469. The lowest BCUT2D eigenvalue weighted by Crippen LogP contribution is -2.51. The van der Waals surface area contributed by atoms with Gasteiger partial charge in [-0.05, 0) is 49.7 Å². The summed E-state index contributed by atoms with van der Waals surface area (Å²) in [4.78, 5) is 27.4. The summed E-state index contributed by atoms with van der Waals surface area (Å²) in [6, 6.07) is 13.3. The third kappa shape index (κ3) is 6.13. The second-order valence-electron chi connectivity index (χ2n) is 7.99. The first-order valence-electron chi connectivity index (χ1n) is 10.3. The van der Waals surface area contributed by atoms with Crippen LogP contribution in [0.4, 0.5) is 4.39 Å². The molecule has 0 aliphatic rings. The smallest absolute Gasteiger partial charge is 0.254 e. The fourth-order valence-electron chi connectivity index (χ4n) is 3.28. The van der Waals surface area contributed by atoms with Gasteiger partial charge in [-0.3, -0.25) is 9.59 Å². The third-order valence-corrected chi connectivity index (χ3v) is 5.22. The molecule has 2 atom stereocenters. The number of halogens is 1. The van der Waals surface area contributed by atoms with Crippen LogP contribution in [0.15, 0.2) is 48.5 Å². The lowest BCUT2D eigenvalue weighted by Gasteiger charge is -2.27. The second kappa shape index (κ2) is 10.9. The highest BCUT2D eigenvalue weighted by molar-refractivity contribution is 5.97. The molecule has 2 aromatic rings. The van der Waals surface area contributed by atoms with E-state index in [9.17, 15) is 14.0 Å². The highest BCUT2D eigenvalue weighted by Gasteiger charge is 2.26. The maximum absolute atomic E-state index is 13.9. The first-order valence-corrected chi connectivity index (χ1v) is 10.3. The van der Waals surface area contributed by atoms with Crippen LogP contribution in [-0.2, 0) is 11.2 Å². The number of hydrogen-bond donors (Lipinski definition) is 2. The van der Waals surface area contributed by atoms with E-state index in [0.29, 0.717) is 6.54 Å². The van der Waals surface area contributed by atoms with Gasteiger partial charge in [0.05, 0.1) is 11.6 Å². The van der Waals surface area contributed by atoms with Crippen LogP contribution in [-0.4, -0.2) is 43.4 Å². The van der Waals surface area contributed by atoms with E-state index in [1.54, 1.807) is 6.07 Å². The highest BCUT2D eigenvalue weighted by atomic mass is 19.1. The number of hydrogen-bond acceptors (Lipinski definition) is 3. The van der Waals surface area contributed by atoms with Gasteiger partial charge in [0, 0.05) is 6.54 Å². The Kier molecular flexibility index (Phi) is 8.54. The fourth-order valence-corrected chi connectivity index (χ4v) is 3.28. The minimum atomic E-state index is -0.762. The third-order valence-electron chi connectivity index (χ3n) is 5.22. The van der Waals surface area contributed by atoms with Gasteiger partial charge in [0.2, 0.25) is 5.91 Å². The van der Waals surface area contributed by atoms with Crippen molar-refractivity contribution in [2.75, 3.05) is 20.6 Å². The predicted molar refractivity (Wildman–Crippen MR) is 118 cm³/mol. The van der Waals surface area contributed by atoms with Crippen LogP contribution >= 0.6 is 0 Å². The fraction of sp³-hybridized carbons (Fsp3) is 0.417. The standard InChI is InChI=1S/C24H32FN3O2/c1-6-17-11-13-18(14-12-17)21(28(4)5)15-26-24(30)22(16(2)3)27-23(29)19-9-7-8-10-20(19)25/h7-14,16,21-22H,6,15H2,1-5H3,(H,26,30)(H,27,29).